The van der Waals surface area contributed by atoms with Crippen molar-refractivity contribution in [2.24, 2.45) is 0 Å². The maximum atomic E-state index is 13.9. The quantitative estimate of drug-likeness (QED) is 0.217. The number of H-pyrrole nitrogens is 1. The third-order valence-corrected chi connectivity index (χ3v) is 4.93. The van der Waals surface area contributed by atoms with Crippen molar-refractivity contribution < 1.29 is 13.7 Å². The van der Waals surface area contributed by atoms with Crippen molar-refractivity contribution in [1.29, 1.82) is 0 Å². The lowest BCUT2D eigenvalue weighted by molar-refractivity contribution is -0.384. The fourth-order valence-electron chi connectivity index (χ4n) is 2.60. The zero-order valence-electron chi connectivity index (χ0n) is 15.7. The van der Waals surface area contributed by atoms with Gasteiger partial charge < -0.3 is 4.98 Å². The first-order valence-corrected chi connectivity index (χ1v) is 9.57. The molecule has 1 heterocycles. The fourth-order valence-corrected chi connectivity index (χ4v) is 3.14. The van der Waals surface area contributed by atoms with Gasteiger partial charge in [-0.25, -0.2) is 13.8 Å². The second-order valence-corrected chi connectivity index (χ2v) is 7.10. The molecule has 6 nitrogen and oxygen atoms in total. The number of halogens is 2. The van der Waals surface area contributed by atoms with Crippen LogP contribution in [0.2, 0.25) is 0 Å². The fraction of sp³-hybridized carbons (Fsp3) is 0.143. The van der Waals surface area contributed by atoms with Gasteiger partial charge in [0.1, 0.15) is 11.6 Å². The number of hydrogen-bond acceptors (Lipinski definition) is 5. The van der Waals surface area contributed by atoms with Crippen LogP contribution in [0.4, 0.5) is 14.5 Å². The maximum Gasteiger partial charge on any atom is 0.269 e. The summed E-state index contributed by atoms with van der Waals surface area (Å²) in [5, 5.41) is 13.7. The Balaban J connectivity index is 1.74. The topological polar surface area (TPSA) is 88.9 Å². The number of nitro benzene ring substituents is 1. The van der Waals surface area contributed by atoms with E-state index in [9.17, 15) is 23.7 Å². The molecule has 0 fully saturated rings. The van der Waals surface area contributed by atoms with Gasteiger partial charge in [-0.3, -0.25) is 14.9 Å². The molecule has 0 amide bonds. The molecule has 0 saturated heterocycles. The van der Waals surface area contributed by atoms with E-state index in [0.717, 1.165) is 29.5 Å². The SMILES string of the molecule is Cc1c(Cc2c(F)cccc2F)nc(SC#CCc2ccc([N+](=O)[O-])cc2)[nH]c1=O. The normalized spacial score (nSPS) is 10.4. The zero-order chi connectivity index (χ0) is 21.7. The summed E-state index contributed by atoms with van der Waals surface area (Å²) in [5.74, 6) is 1.48. The van der Waals surface area contributed by atoms with Gasteiger partial charge in [-0.15, -0.1) is 0 Å². The highest BCUT2D eigenvalue weighted by molar-refractivity contribution is 8.03. The third kappa shape index (κ3) is 5.10. The molecule has 0 aliphatic rings. The van der Waals surface area contributed by atoms with Crippen molar-refractivity contribution in [1.82, 2.24) is 9.97 Å². The van der Waals surface area contributed by atoms with Crippen molar-refractivity contribution >= 4 is 17.4 Å². The predicted octanol–water partition coefficient (Wildman–Crippen LogP) is 4.15. The molecule has 0 bridgehead atoms. The van der Waals surface area contributed by atoms with Crippen molar-refractivity contribution in [3.05, 3.63) is 97.0 Å². The van der Waals surface area contributed by atoms with Crippen LogP contribution in [0, 0.1) is 39.8 Å². The number of nitro groups is 1. The van der Waals surface area contributed by atoms with Crippen LogP contribution in [0.3, 0.4) is 0 Å². The van der Waals surface area contributed by atoms with E-state index in [0.29, 0.717) is 6.42 Å². The minimum Gasteiger partial charge on any atom is -0.300 e. The highest BCUT2D eigenvalue weighted by Crippen LogP contribution is 2.19. The van der Waals surface area contributed by atoms with Crippen molar-refractivity contribution in [2.45, 2.75) is 24.9 Å². The van der Waals surface area contributed by atoms with E-state index in [-0.39, 0.29) is 34.1 Å². The Kier molecular flexibility index (Phi) is 6.59. The number of hydrogen-bond donors (Lipinski definition) is 1. The lowest BCUT2D eigenvalue weighted by Gasteiger charge is -2.08. The molecule has 3 aromatic rings. The number of aromatic amines is 1. The standard InChI is InChI=1S/C21H15F2N3O3S/c1-13-19(12-16-17(22)5-2-6-18(16)23)24-21(25-20(13)27)30-11-3-4-14-7-9-15(10-8-14)26(28)29/h2,5-10H,4,12H2,1H3,(H,24,25,27). The number of benzene rings is 2. The third-order valence-electron chi connectivity index (χ3n) is 4.30. The number of thioether (sulfide) groups is 1. The van der Waals surface area contributed by atoms with Gasteiger partial charge >= 0.3 is 0 Å². The first kappa shape index (κ1) is 21.2. The Morgan fingerprint density at radius 1 is 1.17 bits per heavy atom. The second kappa shape index (κ2) is 9.33. The van der Waals surface area contributed by atoms with Gasteiger partial charge in [0.05, 0.1) is 10.6 Å². The molecule has 0 radical (unpaired) electrons. The molecule has 0 unspecified atom stereocenters. The van der Waals surface area contributed by atoms with Gasteiger partial charge in [0.2, 0.25) is 0 Å². The van der Waals surface area contributed by atoms with E-state index in [1.807, 2.05) is 0 Å². The predicted molar refractivity (Wildman–Crippen MR) is 109 cm³/mol. The van der Waals surface area contributed by atoms with Crippen LogP contribution in [0.5, 0.6) is 0 Å². The number of nitrogens with zero attached hydrogens (tertiary/aromatic N) is 2. The summed E-state index contributed by atoms with van der Waals surface area (Å²) in [5.41, 5.74) is 0.787. The van der Waals surface area contributed by atoms with E-state index in [1.165, 1.54) is 25.1 Å². The largest absolute Gasteiger partial charge is 0.300 e. The average Bonchev–Trinajstić information content (AvgIpc) is 2.71. The van der Waals surface area contributed by atoms with Gasteiger partial charge in [-0.1, -0.05) is 24.1 Å². The van der Waals surface area contributed by atoms with Crippen LogP contribution in [-0.4, -0.2) is 14.9 Å². The second-order valence-electron chi connectivity index (χ2n) is 6.30. The summed E-state index contributed by atoms with van der Waals surface area (Å²) in [7, 11) is 0. The van der Waals surface area contributed by atoms with Crippen molar-refractivity contribution in [3.63, 3.8) is 0 Å². The van der Waals surface area contributed by atoms with Gasteiger partial charge in [-0.05, 0) is 29.9 Å². The zero-order valence-corrected chi connectivity index (χ0v) is 16.6. The van der Waals surface area contributed by atoms with E-state index >= 15 is 0 Å². The van der Waals surface area contributed by atoms with Crippen molar-refractivity contribution in [2.75, 3.05) is 0 Å². The number of nitrogens with one attached hydrogen (secondary N) is 1. The Bertz CT molecular complexity index is 1190. The molecule has 0 aliphatic carbocycles. The Hall–Kier alpha value is -3.51. The number of non-ortho nitro benzene ring substituents is 1. The van der Waals surface area contributed by atoms with Gasteiger partial charge in [0.25, 0.3) is 11.2 Å². The summed E-state index contributed by atoms with van der Waals surface area (Å²) in [4.78, 5) is 29.2. The summed E-state index contributed by atoms with van der Waals surface area (Å²) >= 11 is 0.980. The number of aromatic nitrogens is 2. The first-order valence-electron chi connectivity index (χ1n) is 8.76. The van der Waals surface area contributed by atoms with Crippen LogP contribution < -0.4 is 5.56 Å². The van der Waals surface area contributed by atoms with Gasteiger partial charge in [-0.2, -0.15) is 0 Å². The summed E-state index contributed by atoms with van der Waals surface area (Å²) in [6.45, 7) is 1.54. The number of rotatable bonds is 5. The van der Waals surface area contributed by atoms with E-state index in [1.54, 1.807) is 12.1 Å². The highest BCUT2D eigenvalue weighted by atomic mass is 32.2. The molecular weight excluding hydrogens is 412 g/mol. The molecule has 0 atom stereocenters. The molecule has 152 valence electrons. The molecule has 0 saturated carbocycles. The molecule has 2 aromatic carbocycles. The van der Waals surface area contributed by atoms with Crippen LogP contribution in [-0.2, 0) is 12.8 Å². The van der Waals surface area contributed by atoms with Crippen molar-refractivity contribution in [3.8, 4) is 11.2 Å². The molecule has 0 aliphatic heterocycles. The molecular formula is C21H15F2N3O3S. The molecule has 9 heteroatoms. The van der Waals surface area contributed by atoms with Crippen LogP contribution in [0.25, 0.3) is 0 Å². The maximum absolute atomic E-state index is 13.9. The Morgan fingerprint density at radius 2 is 1.83 bits per heavy atom. The summed E-state index contributed by atoms with van der Waals surface area (Å²) in [6, 6.07) is 9.61. The Labute approximate surface area is 174 Å². The molecule has 0 spiro atoms. The minimum absolute atomic E-state index is 0.00123. The van der Waals surface area contributed by atoms with Crippen LogP contribution in [0.15, 0.2) is 52.4 Å². The van der Waals surface area contributed by atoms with E-state index in [2.05, 4.69) is 21.1 Å². The molecule has 1 N–H and O–H groups in total. The van der Waals surface area contributed by atoms with Crippen LogP contribution >= 0.6 is 11.8 Å². The minimum atomic E-state index is -0.700. The average molecular weight is 427 g/mol. The lowest BCUT2D eigenvalue weighted by Crippen LogP contribution is -2.16. The van der Waals surface area contributed by atoms with E-state index < -0.39 is 22.1 Å². The van der Waals surface area contributed by atoms with E-state index in [4.69, 9.17) is 0 Å². The molecule has 30 heavy (non-hydrogen) atoms. The van der Waals surface area contributed by atoms with Crippen LogP contribution in [0.1, 0.15) is 22.4 Å². The molecule has 1 aromatic heterocycles. The summed E-state index contributed by atoms with van der Waals surface area (Å²) < 4.78 is 27.9. The highest BCUT2D eigenvalue weighted by Gasteiger charge is 2.14. The van der Waals surface area contributed by atoms with Gasteiger partial charge in [0, 0.05) is 47.9 Å². The molecule has 3 rings (SSSR count). The monoisotopic (exact) mass is 427 g/mol. The lowest BCUT2D eigenvalue weighted by atomic mass is 10.1. The van der Waals surface area contributed by atoms with Gasteiger partial charge in [0.15, 0.2) is 5.16 Å². The summed E-state index contributed by atoms with van der Waals surface area (Å²) in [6.07, 6.45) is 0.201. The first-order chi connectivity index (χ1) is 14.3. The smallest absolute Gasteiger partial charge is 0.269 e. The Morgan fingerprint density at radius 3 is 2.47 bits per heavy atom.